The summed E-state index contributed by atoms with van der Waals surface area (Å²) >= 11 is 0. The van der Waals surface area contributed by atoms with Crippen molar-refractivity contribution in [3.63, 3.8) is 0 Å². The molecule has 1 saturated heterocycles. The number of carbonyl (C=O) groups excluding carboxylic acids is 2. The minimum atomic E-state index is -0.831. The average molecular weight is 391 g/mol. The van der Waals surface area contributed by atoms with Crippen LogP contribution in [-0.2, 0) is 20.9 Å². The van der Waals surface area contributed by atoms with Gasteiger partial charge < -0.3 is 14.1 Å². The Morgan fingerprint density at radius 2 is 1.82 bits per heavy atom. The number of rotatable bonds is 5. The Hall–Kier alpha value is -3.17. The molecule has 0 unspecified atom stereocenters. The topological polar surface area (TPSA) is 125 Å². The van der Waals surface area contributed by atoms with Crippen LogP contribution in [0.5, 0.6) is 0 Å². The molecule has 1 amide bonds. The van der Waals surface area contributed by atoms with Crippen molar-refractivity contribution < 1.29 is 23.7 Å². The summed E-state index contributed by atoms with van der Waals surface area (Å²) in [5, 5.41) is 10.8. The van der Waals surface area contributed by atoms with Crippen molar-refractivity contribution in [2.75, 3.05) is 19.7 Å². The highest BCUT2D eigenvalue weighted by atomic mass is 16.6. The largest absolute Gasteiger partial charge is 0.454 e. The molecule has 10 nitrogen and oxygen atoms in total. The zero-order valence-corrected chi connectivity index (χ0v) is 15.3. The number of hydrogen-bond acceptors (Lipinski definition) is 7. The van der Waals surface area contributed by atoms with Crippen LogP contribution in [0.3, 0.4) is 0 Å². The minimum Gasteiger partial charge on any atom is -0.454 e. The molecular weight excluding hydrogens is 370 g/mol. The van der Waals surface area contributed by atoms with E-state index in [4.69, 9.17) is 9.15 Å². The maximum absolute atomic E-state index is 12.2. The molecule has 150 valence electrons. The van der Waals surface area contributed by atoms with Crippen LogP contribution in [0.2, 0.25) is 0 Å². The molecule has 3 rings (SSSR count). The fourth-order valence-electron chi connectivity index (χ4n) is 3.22. The molecule has 0 bridgehead atoms. The smallest absolute Gasteiger partial charge is 0.420 e. The van der Waals surface area contributed by atoms with Crippen molar-refractivity contribution in [3.05, 3.63) is 38.9 Å². The maximum atomic E-state index is 12.2. The Bertz CT molecular complexity index is 938. The van der Waals surface area contributed by atoms with E-state index in [1.54, 1.807) is 4.90 Å². The van der Waals surface area contributed by atoms with Crippen LogP contribution in [0, 0.1) is 10.1 Å². The van der Waals surface area contributed by atoms with Crippen molar-refractivity contribution in [3.8, 4) is 0 Å². The molecule has 10 heteroatoms. The Morgan fingerprint density at radius 3 is 2.50 bits per heavy atom. The lowest BCUT2D eigenvalue weighted by molar-refractivity contribution is -0.384. The van der Waals surface area contributed by atoms with Gasteiger partial charge in [-0.3, -0.25) is 24.3 Å². The van der Waals surface area contributed by atoms with Crippen molar-refractivity contribution in [2.24, 2.45) is 0 Å². The number of amides is 1. The second-order valence-corrected chi connectivity index (χ2v) is 6.67. The van der Waals surface area contributed by atoms with Gasteiger partial charge in [-0.25, -0.2) is 4.79 Å². The quantitative estimate of drug-likeness (QED) is 0.432. The molecule has 1 fully saturated rings. The lowest BCUT2D eigenvalue weighted by Crippen LogP contribution is -2.37. The SMILES string of the molecule is O=C(Cn1c(=O)oc2cc([N+](=O)[O-])ccc21)OCC(=O)N1CCCCCCC1. The Labute approximate surface area is 159 Å². The highest BCUT2D eigenvalue weighted by Crippen LogP contribution is 2.20. The van der Waals surface area contributed by atoms with Crippen LogP contribution in [0.1, 0.15) is 32.1 Å². The molecule has 0 atom stereocenters. The average Bonchev–Trinajstić information content (AvgIpc) is 2.94. The lowest BCUT2D eigenvalue weighted by atomic mass is 10.1. The van der Waals surface area contributed by atoms with E-state index in [9.17, 15) is 24.5 Å². The van der Waals surface area contributed by atoms with Crippen molar-refractivity contribution in [2.45, 2.75) is 38.6 Å². The van der Waals surface area contributed by atoms with E-state index in [1.807, 2.05) is 0 Å². The number of hydrogen-bond donors (Lipinski definition) is 0. The summed E-state index contributed by atoms with van der Waals surface area (Å²) in [4.78, 5) is 48.2. The molecule has 0 N–H and O–H groups in total. The molecule has 1 aliphatic rings. The third-order valence-electron chi connectivity index (χ3n) is 4.72. The number of esters is 1. The van der Waals surface area contributed by atoms with E-state index in [1.165, 1.54) is 18.6 Å². The van der Waals surface area contributed by atoms with Crippen LogP contribution in [0.4, 0.5) is 5.69 Å². The number of nitro groups is 1. The first-order valence-electron chi connectivity index (χ1n) is 9.17. The molecule has 1 aromatic heterocycles. The molecule has 0 radical (unpaired) electrons. The van der Waals surface area contributed by atoms with E-state index < -0.39 is 23.2 Å². The van der Waals surface area contributed by atoms with Crippen LogP contribution in [-0.4, -0.2) is 46.0 Å². The van der Waals surface area contributed by atoms with Gasteiger partial charge in [0, 0.05) is 19.2 Å². The first kappa shape index (κ1) is 19.6. The van der Waals surface area contributed by atoms with E-state index in [2.05, 4.69) is 0 Å². The van der Waals surface area contributed by atoms with Crippen LogP contribution < -0.4 is 5.76 Å². The number of nitro benzene ring substituents is 1. The van der Waals surface area contributed by atoms with Crippen LogP contribution >= 0.6 is 0 Å². The predicted octanol–water partition coefficient (Wildman–Crippen LogP) is 1.84. The number of non-ortho nitro benzene ring substituents is 1. The van der Waals surface area contributed by atoms with E-state index in [0.717, 1.165) is 36.3 Å². The molecular formula is C18H21N3O7. The first-order valence-corrected chi connectivity index (χ1v) is 9.17. The van der Waals surface area contributed by atoms with Gasteiger partial charge in [-0.05, 0) is 18.9 Å². The van der Waals surface area contributed by atoms with Gasteiger partial charge in [-0.15, -0.1) is 0 Å². The molecule has 1 aliphatic heterocycles. The Kier molecular flexibility index (Phi) is 6.07. The van der Waals surface area contributed by atoms with Gasteiger partial charge in [-0.1, -0.05) is 19.3 Å². The summed E-state index contributed by atoms with van der Waals surface area (Å²) in [6, 6.07) is 3.66. The first-order chi connectivity index (χ1) is 13.5. The van der Waals surface area contributed by atoms with Gasteiger partial charge in [0.25, 0.3) is 11.6 Å². The third kappa shape index (κ3) is 4.56. The number of ether oxygens (including phenoxy) is 1. The zero-order valence-electron chi connectivity index (χ0n) is 15.3. The normalized spacial score (nSPS) is 15.1. The summed E-state index contributed by atoms with van der Waals surface area (Å²) in [7, 11) is 0. The van der Waals surface area contributed by atoms with E-state index in [-0.39, 0.29) is 29.3 Å². The van der Waals surface area contributed by atoms with Gasteiger partial charge in [0.2, 0.25) is 0 Å². The molecule has 0 saturated carbocycles. The summed E-state index contributed by atoms with van der Waals surface area (Å²) in [5.41, 5.74) is 0.0150. The van der Waals surface area contributed by atoms with Crippen molar-refractivity contribution in [1.29, 1.82) is 0 Å². The molecule has 1 aromatic carbocycles. The number of carbonyl (C=O) groups is 2. The summed E-state index contributed by atoms with van der Waals surface area (Å²) in [5.74, 6) is -1.85. The second kappa shape index (κ2) is 8.68. The number of oxazole rings is 1. The molecule has 0 aliphatic carbocycles. The molecule has 28 heavy (non-hydrogen) atoms. The van der Waals surface area contributed by atoms with Gasteiger partial charge in [0.1, 0.15) is 6.54 Å². The molecule has 2 aromatic rings. The number of likely N-dealkylation sites (tertiary alicyclic amines) is 1. The Balaban J connectivity index is 1.61. The predicted molar refractivity (Wildman–Crippen MR) is 97.8 cm³/mol. The fourth-order valence-corrected chi connectivity index (χ4v) is 3.22. The summed E-state index contributed by atoms with van der Waals surface area (Å²) in [6.45, 7) is 0.480. The monoisotopic (exact) mass is 391 g/mol. The number of nitrogens with zero attached hydrogens (tertiary/aromatic N) is 3. The molecule has 2 heterocycles. The van der Waals surface area contributed by atoms with Crippen molar-refractivity contribution in [1.82, 2.24) is 9.47 Å². The standard InChI is InChI=1S/C18H21N3O7/c22-16(19-8-4-2-1-3-5-9-19)12-27-17(23)11-20-14-7-6-13(21(25)26)10-15(14)28-18(20)24/h6-7,10H,1-5,8-9,11-12H2. The van der Waals surface area contributed by atoms with Gasteiger partial charge in [0.05, 0.1) is 16.5 Å². The van der Waals surface area contributed by atoms with Crippen LogP contribution in [0.15, 0.2) is 27.4 Å². The lowest BCUT2D eigenvalue weighted by Gasteiger charge is -2.24. The second-order valence-electron chi connectivity index (χ2n) is 6.67. The van der Waals surface area contributed by atoms with Crippen LogP contribution in [0.25, 0.3) is 11.1 Å². The number of benzene rings is 1. The van der Waals surface area contributed by atoms with Gasteiger partial charge in [-0.2, -0.15) is 0 Å². The highest BCUT2D eigenvalue weighted by Gasteiger charge is 2.19. The molecule has 0 spiro atoms. The number of aromatic nitrogens is 1. The van der Waals surface area contributed by atoms with Gasteiger partial charge >= 0.3 is 11.7 Å². The summed E-state index contributed by atoms with van der Waals surface area (Å²) < 4.78 is 11.0. The number of fused-ring (bicyclic) bond motifs is 1. The van der Waals surface area contributed by atoms with Crippen molar-refractivity contribution >= 4 is 28.7 Å². The summed E-state index contributed by atoms with van der Waals surface area (Å²) in [6.07, 6.45) is 5.20. The van der Waals surface area contributed by atoms with Gasteiger partial charge in [0.15, 0.2) is 12.2 Å². The van der Waals surface area contributed by atoms with E-state index >= 15 is 0 Å². The highest BCUT2D eigenvalue weighted by molar-refractivity contribution is 5.82. The Morgan fingerprint density at radius 1 is 1.14 bits per heavy atom. The van der Waals surface area contributed by atoms with E-state index in [0.29, 0.717) is 13.1 Å². The zero-order chi connectivity index (χ0) is 20.1. The fraction of sp³-hybridized carbons (Fsp3) is 0.500. The maximum Gasteiger partial charge on any atom is 0.420 e. The minimum absolute atomic E-state index is 0.00343. The third-order valence-corrected chi connectivity index (χ3v) is 4.72.